The van der Waals surface area contributed by atoms with Gasteiger partial charge in [-0.2, -0.15) is 39.5 Å². The number of alkyl halides is 13. The second kappa shape index (κ2) is 43.2. The van der Waals surface area contributed by atoms with E-state index in [9.17, 15) is 57.1 Å². The number of halogens is 16. The van der Waals surface area contributed by atoms with Gasteiger partial charge in [-0.05, 0) is 356 Å². The van der Waals surface area contributed by atoms with E-state index in [-0.39, 0.29) is 41.3 Å². The summed E-state index contributed by atoms with van der Waals surface area (Å²) in [5, 5.41) is 28.2. The molecule has 0 saturated carbocycles. The van der Waals surface area contributed by atoms with Crippen LogP contribution in [0, 0.1) is 6.92 Å². The number of rotatable bonds is 16. The zero-order valence-corrected chi connectivity index (χ0v) is 84.7. The van der Waals surface area contributed by atoms with Gasteiger partial charge in [0.05, 0.1) is 67.2 Å². The zero-order valence-electron chi connectivity index (χ0n) is 81.6. The van der Waals surface area contributed by atoms with E-state index < -0.39 is 47.1 Å². The number of nitrogens with one attached hydrogen (secondary N) is 12. The highest BCUT2D eigenvalue weighted by Crippen LogP contribution is 2.48. The van der Waals surface area contributed by atoms with Gasteiger partial charge in [0.1, 0.15) is 11.5 Å². The minimum Gasteiger partial charge on any atom is -0.497 e. The topological polar surface area (TPSA) is 211 Å². The molecule has 7 aromatic heterocycles. The summed E-state index contributed by atoms with van der Waals surface area (Å²) in [4.78, 5) is 29.1. The highest BCUT2D eigenvalue weighted by Gasteiger charge is 2.38. The number of hydrogen-bond acceptors (Lipinski definition) is 10. The molecular formula is C116H110BrCl2F13N14O2. The lowest BCUT2D eigenvalue weighted by Gasteiger charge is -2.25. The molecule has 6 atom stereocenters. The van der Waals surface area contributed by atoms with Gasteiger partial charge in [0.15, 0.2) is 0 Å². The fourth-order valence-corrected chi connectivity index (χ4v) is 22.1. The Labute approximate surface area is 864 Å². The molecule has 0 aliphatic heterocycles. The van der Waals surface area contributed by atoms with Crippen LogP contribution in [-0.2, 0) is 68.9 Å². The fourth-order valence-electron chi connectivity index (χ4n) is 21.4. The molecule has 6 aliphatic carbocycles. The number of benzene rings is 11. The van der Waals surface area contributed by atoms with E-state index in [1.54, 1.807) is 56.9 Å². The monoisotopic (exact) mass is 2130 g/mol. The third kappa shape index (κ3) is 23.4. The predicted octanol–water partition coefficient (Wildman–Crippen LogP) is 34.4. The summed E-state index contributed by atoms with van der Waals surface area (Å²) in [6.45, 7) is 3.80. The largest absolute Gasteiger partial charge is 0.497 e. The van der Waals surface area contributed by atoms with E-state index in [1.165, 1.54) is 134 Å². The van der Waals surface area contributed by atoms with Crippen LogP contribution in [0.25, 0.3) is 65.4 Å². The van der Waals surface area contributed by atoms with Gasteiger partial charge in [-0.3, -0.25) is 0 Å². The van der Waals surface area contributed by atoms with Crippen molar-refractivity contribution in [2.24, 2.45) is 0 Å². The van der Waals surface area contributed by atoms with Gasteiger partial charge in [0.25, 0.3) is 11.8 Å². The molecule has 0 fully saturated rings. The van der Waals surface area contributed by atoms with Gasteiger partial charge < -0.3 is 71.3 Å². The number of aryl methyl sites for hydroxylation is 7. The first-order chi connectivity index (χ1) is 71.0. The average molecular weight is 2130 g/mol. The molecular weight excluding hydrogens is 2020 g/mol. The lowest BCUT2D eigenvalue weighted by molar-refractivity contribution is -0.138. The zero-order chi connectivity index (χ0) is 104. The molecule has 768 valence electrons. The molecule has 18 aromatic rings. The maximum atomic E-state index is 13.4. The number of hydrogen-bond donors (Lipinski definition) is 12. The number of ether oxygens (including phenoxy) is 2. The summed E-state index contributed by atoms with van der Waals surface area (Å²) in [6.07, 6.45) is 8.14. The number of fused-ring (bicyclic) bond motifs is 18. The molecule has 32 heteroatoms. The lowest BCUT2D eigenvalue weighted by Crippen LogP contribution is -2.18. The van der Waals surface area contributed by atoms with Gasteiger partial charge in [-0.1, -0.05) is 81.1 Å². The van der Waals surface area contributed by atoms with Crippen molar-refractivity contribution in [3.63, 3.8) is 0 Å². The normalized spacial score (nSPS) is 17.4. The van der Waals surface area contributed by atoms with Crippen molar-refractivity contribution in [3.8, 4) is 11.5 Å². The van der Waals surface area contributed by atoms with Crippen molar-refractivity contribution in [2.45, 2.75) is 203 Å². The van der Waals surface area contributed by atoms with Crippen LogP contribution in [-0.4, -0.2) is 54.1 Å². The third-order valence-corrected chi connectivity index (χ3v) is 29.7. The average Bonchev–Trinajstić information content (AvgIpc) is 1.67. The molecule has 0 spiro atoms. The summed E-state index contributed by atoms with van der Waals surface area (Å²) in [7, 11) is 3.31. The maximum absolute atomic E-state index is 13.4. The minimum atomic E-state index is -4.38. The SMILES string of the molecule is Brc1ccc2[nH]c3c(c2c1)CCCC3Nc1ncccn1.CC(F)(F)c1ccc(NC2CCCc3c2[nH]c2ccc(C(F)(F)F)cc32)cc1.CC(F)(F)c1ccc(NC2CCCc3c2[nH]c2ccc(Cl)cc32)cc1.COc1ccc(NC2CCCc3c2[nH]c2ccc(C(F)(F)F)cc32)cc1.COc1ccc(NC2CCCc3c2[nH]c2ccc(Cl)cc32)cc1.Cc1ccc(NC2CCCc3c2[nH]c2ccc(C(F)(F)F)cc32)cc1. The van der Waals surface area contributed by atoms with Crippen LogP contribution in [0.1, 0.15) is 228 Å². The number of nitrogens with zero attached hydrogens (tertiary/aromatic N) is 2. The molecule has 24 rings (SSSR count). The van der Waals surface area contributed by atoms with Crippen molar-refractivity contribution in [2.75, 3.05) is 46.1 Å². The Morgan fingerprint density at radius 3 is 0.804 bits per heavy atom. The smallest absolute Gasteiger partial charge is 0.416 e. The van der Waals surface area contributed by atoms with Gasteiger partial charge >= 0.3 is 18.5 Å². The minimum absolute atomic E-state index is 0.0302. The van der Waals surface area contributed by atoms with E-state index in [2.05, 4.69) is 130 Å². The first-order valence-corrected chi connectivity index (χ1v) is 51.2. The molecule has 0 amide bonds. The number of aromatic nitrogens is 8. The quantitative estimate of drug-likeness (QED) is 0.0412. The lowest BCUT2D eigenvalue weighted by atomic mass is 9.91. The van der Waals surface area contributed by atoms with Gasteiger partial charge in [0.2, 0.25) is 5.95 Å². The summed E-state index contributed by atoms with van der Waals surface area (Å²) in [5.41, 5.74) is 23.3. The Balaban J connectivity index is 0.000000112. The molecule has 16 nitrogen and oxygen atoms in total. The van der Waals surface area contributed by atoms with E-state index in [0.29, 0.717) is 45.8 Å². The summed E-state index contributed by atoms with van der Waals surface area (Å²) >= 11 is 15.9. The number of anilines is 6. The molecule has 148 heavy (non-hydrogen) atoms. The molecule has 0 saturated heterocycles. The van der Waals surface area contributed by atoms with E-state index in [4.69, 9.17) is 32.7 Å². The Kier molecular flexibility index (Phi) is 30.0. The van der Waals surface area contributed by atoms with Crippen molar-refractivity contribution < 1.29 is 66.5 Å². The Bertz CT molecular complexity index is 7720. The van der Waals surface area contributed by atoms with E-state index in [0.717, 1.165) is 227 Å². The summed E-state index contributed by atoms with van der Waals surface area (Å²) in [5.74, 6) is -3.36. The molecule has 7 heterocycles. The first-order valence-electron chi connectivity index (χ1n) is 49.7. The van der Waals surface area contributed by atoms with E-state index >= 15 is 0 Å². The van der Waals surface area contributed by atoms with Gasteiger partial charge in [-0.25, -0.2) is 27.5 Å². The molecule has 0 radical (unpaired) electrons. The standard InChI is InChI=1S/C21H19F5N2.C20H19ClF2N2.C20H19F3N2O.C20H19F3N2.C19H19ClN2O.C16H15BrN4/c1-20(22,23)12-5-8-14(9-6-12)27-18-4-2-3-15-16-11-13(21(24,25)26)7-10-17(16)28-19(15)18;1-20(22,23)12-5-8-14(9-6-12)24-18-4-2-3-15-16-11-13(21)7-10-17(16)25-19(15)18;1-26-14-8-6-13(7-9-14)24-18-4-2-3-15-16-11-12(20(21,22)23)5-10-17(16)25-19(15)18;1-12-5-8-14(9-6-12)24-18-4-2-3-15-16-11-13(20(21,22)23)7-10-17(16)25-19(15)18;1-23-14-8-6-13(7-9-14)21-18-4-2-3-15-16-11-12(20)5-10-17(16)22-19(15)18;17-10-5-6-13-12(9-10)11-3-1-4-14(15(11)20-13)21-16-18-7-2-8-19-16/h5-11,18,27-28H,2-4H2,1H3;5-11,18,24-25H,2-4H2,1H3;5-11,18,24-25H,2-4H2,1H3;5-11,18,24-25H,2-4H2,1H3;5-11,18,21-22H,2-4H2,1H3;2,5-9,14,20H,1,3-4H2,(H,18,19,21). The summed E-state index contributed by atoms with van der Waals surface area (Å²) in [6, 6.07) is 68.9. The van der Waals surface area contributed by atoms with Crippen LogP contribution in [0.3, 0.4) is 0 Å². The van der Waals surface area contributed by atoms with Crippen molar-refractivity contribution >= 4 is 139 Å². The second-order valence-electron chi connectivity index (χ2n) is 38.8. The Morgan fingerprint density at radius 1 is 0.297 bits per heavy atom. The third-order valence-electron chi connectivity index (χ3n) is 28.7. The second-order valence-corrected chi connectivity index (χ2v) is 40.6. The highest BCUT2D eigenvalue weighted by molar-refractivity contribution is 9.10. The number of H-pyrrole nitrogens is 6. The maximum Gasteiger partial charge on any atom is 0.416 e. The van der Waals surface area contributed by atoms with Crippen molar-refractivity contribution in [1.82, 2.24) is 39.9 Å². The molecule has 6 aliphatic rings. The van der Waals surface area contributed by atoms with Crippen LogP contribution in [0.4, 0.5) is 91.5 Å². The van der Waals surface area contributed by atoms with Crippen LogP contribution in [0.5, 0.6) is 11.5 Å². The Hall–Kier alpha value is -13.7. The molecule has 11 aromatic carbocycles. The molecule has 0 bridgehead atoms. The summed E-state index contributed by atoms with van der Waals surface area (Å²) < 4.78 is 182. The number of methoxy groups -OCH3 is 2. The van der Waals surface area contributed by atoms with Crippen LogP contribution in [0.2, 0.25) is 10.0 Å². The van der Waals surface area contributed by atoms with Crippen LogP contribution in [0.15, 0.2) is 253 Å². The van der Waals surface area contributed by atoms with Gasteiger partial charge in [-0.15, -0.1) is 0 Å². The van der Waals surface area contributed by atoms with Crippen molar-refractivity contribution in [3.05, 3.63) is 364 Å². The highest BCUT2D eigenvalue weighted by atomic mass is 79.9. The van der Waals surface area contributed by atoms with E-state index in [1.807, 2.05) is 97.9 Å². The van der Waals surface area contributed by atoms with Crippen molar-refractivity contribution in [1.29, 1.82) is 0 Å². The molecule has 6 unspecified atom stereocenters. The first kappa shape index (κ1) is 103. The van der Waals surface area contributed by atoms with Gasteiger partial charge in [0, 0.05) is 180 Å². The Morgan fingerprint density at radius 2 is 0.534 bits per heavy atom. The molecule has 12 N–H and O–H groups in total. The number of aromatic amines is 6. The van der Waals surface area contributed by atoms with Crippen LogP contribution >= 0.6 is 39.1 Å². The van der Waals surface area contributed by atoms with Crippen LogP contribution < -0.4 is 41.4 Å². The predicted molar refractivity (Wildman–Crippen MR) is 570 cm³/mol. The fraction of sp³-hybridized carbons (Fsp3) is 0.293.